The summed E-state index contributed by atoms with van der Waals surface area (Å²) >= 11 is 0. The normalized spacial score (nSPS) is 13.6. The number of halogens is 1. The molecule has 1 aromatic heterocycles. The molecule has 2 aromatic carbocycles. The number of carbonyl (C=O) groups excluding carboxylic acids is 2. The van der Waals surface area contributed by atoms with Gasteiger partial charge in [0.05, 0.1) is 5.56 Å². The number of benzene rings is 2. The van der Waals surface area contributed by atoms with Gasteiger partial charge in [-0.3, -0.25) is 14.6 Å². The molecule has 6 heteroatoms. The maximum Gasteiger partial charge on any atom is 0.259 e. The first-order valence-electron chi connectivity index (χ1n) is 8.27. The van der Waals surface area contributed by atoms with E-state index in [2.05, 4.69) is 10.3 Å². The standard InChI is InChI=1S/C20H16FN3O2/c1-24-17-6-4-14(10-13(17)3-7-18(24)25)23-20(26)19-15-11-22-9-8-12(15)2-5-16(19)21/h2,4-6,8-11H,3,7H2,1H3,(H,23,26). The Morgan fingerprint density at radius 3 is 2.88 bits per heavy atom. The van der Waals surface area contributed by atoms with E-state index in [1.54, 1.807) is 42.4 Å². The third kappa shape index (κ3) is 2.69. The Kier molecular flexibility index (Phi) is 3.88. The van der Waals surface area contributed by atoms with Crippen LogP contribution in [0, 0.1) is 5.82 Å². The van der Waals surface area contributed by atoms with Crippen LogP contribution in [0.4, 0.5) is 15.8 Å². The highest BCUT2D eigenvalue weighted by molar-refractivity contribution is 6.13. The molecule has 130 valence electrons. The van der Waals surface area contributed by atoms with Crippen molar-refractivity contribution in [2.45, 2.75) is 12.8 Å². The number of amides is 2. The molecule has 0 radical (unpaired) electrons. The summed E-state index contributed by atoms with van der Waals surface area (Å²) in [5.74, 6) is -1.05. The van der Waals surface area contributed by atoms with Crippen molar-refractivity contribution in [2.75, 3.05) is 17.3 Å². The maximum absolute atomic E-state index is 14.3. The number of anilines is 2. The van der Waals surface area contributed by atoms with E-state index in [-0.39, 0.29) is 11.5 Å². The number of nitrogens with one attached hydrogen (secondary N) is 1. The molecule has 0 atom stereocenters. The quantitative estimate of drug-likeness (QED) is 0.770. The van der Waals surface area contributed by atoms with E-state index < -0.39 is 11.7 Å². The van der Waals surface area contributed by atoms with Gasteiger partial charge >= 0.3 is 0 Å². The first-order chi connectivity index (χ1) is 12.5. The number of hydrogen-bond donors (Lipinski definition) is 1. The molecule has 0 bridgehead atoms. The zero-order valence-electron chi connectivity index (χ0n) is 14.1. The average Bonchev–Trinajstić information content (AvgIpc) is 2.64. The van der Waals surface area contributed by atoms with Crippen molar-refractivity contribution in [2.24, 2.45) is 0 Å². The second-order valence-electron chi connectivity index (χ2n) is 6.27. The van der Waals surface area contributed by atoms with Crippen LogP contribution in [0.25, 0.3) is 10.8 Å². The highest BCUT2D eigenvalue weighted by atomic mass is 19.1. The van der Waals surface area contributed by atoms with Crippen LogP contribution in [0.15, 0.2) is 48.8 Å². The highest BCUT2D eigenvalue weighted by Crippen LogP contribution is 2.30. The number of pyridine rings is 1. The Balaban J connectivity index is 1.68. The fourth-order valence-corrected chi connectivity index (χ4v) is 3.29. The average molecular weight is 349 g/mol. The van der Waals surface area contributed by atoms with Crippen molar-refractivity contribution in [1.82, 2.24) is 4.98 Å². The Morgan fingerprint density at radius 1 is 1.19 bits per heavy atom. The predicted molar refractivity (Wildman–Crippen MR) is 97.8 cm³/mol. The van der Waals surface area contributed by atoms with E-state index in [1.807, 2.05) is 6.07 Å². The number of aromatic nitrogens is 1. The van der Waals surface area contributed by atoms with Crippen molar-refractivity contribution < 1.29 is 14.0 Å². The zero-order valence-corrected chi connectivity index (χ0v) is 14.1. The van der Waals surface area contributed by atoms with Gasteiger partial charge in [0.2, 0.25) is 5.91 Å². The van der Waals surface area contributed by atoms with Crippen LogP contribution in [0.1, 0.15) is 22.3 Å². The molecule has 0 saturated heterocycles. The summed E-state index contributed by atoms with van der Waals surface area (Å²) in [6.07, 6.45) is 4.14. The SMILES string of the molecule is CN1C(=O)CCc2cc(NC(=O)c3c(F)ccc4ccncc34)ccc21. The van der Waals surface area contributed by atoms with E-state index in [0.29, 0.717) is 23.9 Å². The molecule has 1 aliphatic heterocycles. The second kappa shape index (κ2) is 6.22. The Bertz CT molecular complexity index is 1050. The molecule has 3 aromatic rings. The molecular formula is C20H16FN3O2. The third-order valence-corrected chi connectivity index (χ3v) is 4.68. The summed E-state index contributed by atoms with van der Waals surface area (Å²) in [5, 5.41) is 3.97. The van der Waals surface area contributed by atoms with Gasteiger partial charge in [0, 0.05) is 42.6 Å². The molecule has 0 aliphatic carbocycles. The third-order valence-electron chi connectivity index (χ3n) is 4.68. The molecule has 4 rings (SSSR count). The van der Waals surface area contributed by atoms with Crippen LogP contribution in [0.2, 0.25) is 0 Å². The lowest BCUT2D eigenvalue weighted by Crippen LogP contribution is -2.31. The lowest BCUT2D eigenvalue weighted by molar-refractivity contribution is -0.118. The van der Waals surface area contributed by atoms with Gasteiger partial charge in [-0.05, 0) is 47.7 Å². The molecule has 2 amide bonds. The summed E-state index contributed by atoms with van der Waals surface area (Å²) < 4.78 is 14.3. The summed E-state index contributed by atoms with van der Waals surface area (Å²) in [4.78, 5) is 30.1. The molecule has 2 heterocycles. The number of fused-ring (bicyclic) bond motifs is 2. The van der Waals surface area contributed by atoms with E-state index in [0.717, 1.165) is 16.6 Å². The molecular weight excluding hydrogens is 333 g/mol. The largest absolute Gasteiger partial charge is 0.322 e. The van der Waals surface area contributed by atoms with Crippen LogP contribution in [-0.2, 0) is 11.2 Å². The molecule has 0 spiro atoms. The van der Waals surface area contributed by atoms with Crippen molar-refractivity contribution in [3.63, 3.8) is 0 Å². The minimum atomic E-state index is -0.591. The fraction of sp³-hybridized carbons (Fsp3) is 0.150. The topological polar surface area (TPSA) is 62.3 Å². The molecule has 0 unspecified atom stereocenters. The number of nitrogens with zero attached hydrogens (tertiary/aromatic N) is 2. The first-order valence-corrected chi connectivity index (χ1v) is 8.27. The number of rotatable bonds is 2. The lowest BCUT2D eigenvalue weighted by atomic mass is 10.0. The Labute approximate surface area is 149 Å². The first kappa shape index (κ1) is 16.2. The van der Waals surface area contributed by atoms with E-state index in [4.69, 9.17) is 0 Å². The van der Waals surface area contributed by atoms with Crippen LogP contribution in [0.3, 0.4) is 0 Å². The highest BCUT2D eigenvalue weighted by Gasteiger charge is 2.22. The number of carbonyl (C=O) groups is 2. The summed E-state index contributed by atoms with van der Waals surface area (Å²) in [6, 6.07) is 9.98. The Morgan fingerprint density at radius 2 is 2.04 bits per heavy atom. The molecule has 0 saturated carbocycles. The van der Waals surface area contributed by atoms with Gasteiger partial charge in [-0.1, -0.05) is 6.07 Å². The summed E-state index contributed by atoms with van der Waals surface area (Å²) in [7, 11) is 1.73. The monoisotopic (exact) mass is 349 g/mol. The van der Waals surface area contributed by atoms with Gasteiger partial charge in [-0.2, -0.15) is 0 Å². The van der Waals surface area contributed by atoms with E-state index in [1.165, 1.54) is 12.3 Å². The van der Waals surface area contributed by atoms with Crippen LogP contribution in [-0.4, -0.2) is 23.8 Å². The van der Waals surface area contributed by atoms with Crippen molar-refractivity contribution in [3.8, 4) is 0 Å². The number of aryl methyl sites for hydroxylation is 1. The van der Waals surface area contributed by atoms with Gasteiger partial charge in [-0.25, -0.2) is 4.39 Å². The van der Waals surface area contributed by atoms with Gasteiger partial charge in [0.25, 0.3) is 5.91 Å². The lowest BCUT2D eigenvalue weighted by Gasteiger charge is -2.26. The molecule has 1 aliphatic rings. The van der Waals surface area contributed by atoms with Crippen LogP contribution >= 0.6 is 0 Å². The van der Waals surface area contributed by atoms with Gasteiger partial charge in [0.15, 0.2) is 0 Å². The maximum atomic E-state index is 14.3. The smallest absolute Gasteiger partial charge is 0.259 e. The van der Waals surface area contributed by atoms with Crippen LogP contribution in [0.5, 0.6) is 0 Å². The second-order valence-corrected chi connectivity index (χ2v) is 6.27. The van der Waals surface area contributed by atoms with E-state index in [9.17, 15) is 14.0 Å². The van der Waals surface area contributed by atoms with Gasteiger partial charge in [0.1, 0.15) is 5.82 Å². The van der Waals surface area contributed by atoms with E-state index >= 15 is 0 Å². The van der Waals surface area contributed by atoms with Gasteiger partial charge in [-0.15, -0.1) is 0 Å². The molecule has 0 fully saturated rings. The van der Waals surface area contributed by atoms with Gasteiger partial charge < -0.3 is 10.2 Å². The zero-order chi connectivity index (χ0) is 18.3. The summed E-state index contributed by atoms with van der Waals surface area (Å²) in [5.41, 5.74) is 2.35. The van der Waals surface area contributed by atoms with Crippen LogP contribution < -0.4 is 10.2 Å². The van der Waals surface area contributed by atoms with Crippen molar-refractivity contribution >= 4 is 34.0 Å². The van der Waals surface area contributed by atoms with Crippen molar-refractivity contribution in [3.05, 3.63) is 65.7 Å². The molecule has 26 heavy (non-hydrogen) atoms. The van der Waals surface area contributed by atoms with Crippen molar-refractivity contribution in [1.29, 1.82) is 0 Å². The minimum absolute atomic E-state index is 0.0272. The minimum Gasteiger partial charge on any atom is -0.322 e. The number of hydrogen-bond acceptors (Lipinski definition) is 3. The molecule has 1 N–H and O–H groups in total. The fourth-order valence-electron chi connectivity index (χ4n) is 3.29. The predicted octanol–water partition coefficient (Wildman–Crippen LogP) is 3.54. The molecule has 5 nitrogen and oxygen atoms in total. The Hall–Kier alpha value is -3.28. The summed E-state index contributed by atoms with van der Waals surface area (Å²) in [6.45, 7) is 0.